The Bertz CT molecular complexity index is 772. The van der Waals surface area contributed by atoms with E-state index in [1.54, 1.807) is 0 Å². The summed E-state index contributed by atoms with van der Waals surface area (Å²) in [4.78, 5) is 12.8. The molecule has 2 aliphatic heterocycles. The normalized spacial score (nSPS) is 52.8. The van der Waals surface area contributed by atoms with E-state index < -0.39 is 5.60 Å². The predicted molar refractivity (Wildman–Crippen MR) is 124 cm³/mol. The molecular weight excluding hydrogens is 384 g/mol. The molecule has 174 valence electrons. The summed E-state index contributed by atoms with van der Waals surface area (Å²) in [5.41, 5.74) is -0.366. The van der Waals surface area contributed by atoms with E-state index in [4.69, 9.17) is 9.78 Å². The van der Waals surface area contributed by atoms with Gasteiger partial charge in [0, 0.05) is 23.7 Å². The van der Waals surface area contributed by atoms with Crippen LogP contribution in [0.2, 0.25) is 0 Å². The number of allylic oxidation sites excluding steroid dienone is 2. The van der Waals surface area contributed by atoms with Crippen molar-refractivity contribution in [2.45, 2.75) is 104 Å². The summed E-state index contributed by atoms with van der Waals surface area (Å²) in [6, 6.07) is 0. The maximum Gasteiger partial charge on any atom is 0.130 e. The highest BCUT2D eigenvalue weighted by Gasteiger charge is 2.74. The molecule has 3 heteroatoms. The van der Waals surface area contributed by atoms with Crippen LogP contribution in [-0.2, 0) is 9.78 Å². The van der Waals surface area contributed by atoms with Gasteiger partial charge in [0.25, 0.3) is 0 Å². The molecule has 1 saturated heterocycles. The lowest BCUT2D eigenvalue weighted by Crippen LogP contribution is -2.73. The van der Waals surface area contributed by atoms with Gasteiger partial charge in [0.15, 0.2) is 0 Å². The molecule has 10 atom stereocenters. The standard InChI is InChI=1S/C28H44O3/c1-18(2)19(3)7-8-20(4)22-9-10-23-25(22,5)13-12-24-26(6)14-11-21(29)17-27(26)15-16-28(23,24)31-30-27/h7-8,15-16,18-24,29H,9-14,17H2,1-6H3/b8-7+/t19?,20?,21-,22?,23?,24?,25?,26?,27?,28?/m0/s1. The zero-order chi connectivity index (χ0) is 22.2. The van der Waals surface area contributed by atoms with E-state index in [9.17, 15) is 5.11 Å². The first-order chi connectivity index (χ1) is 14.6. The summed E-state index contributed by atoms with van der Waals surface area (Å²) in [5, 5.41) is 10.4. The maximum absolute atomic E-state index is 10.4. The molecule has 0 amide bonds. The Balaban J connectivity index is 1.45. The van der Waals surface area contributed by atoms with Crippen molar-refractivity contribution in [3.63, 3.8) is 0 Å². The molecule has 0 aromatic carbocycles. The lowest BCUT2D eigenvalue weighted by molar-refractivity contribution is -0.497. The van der Waals surface area contributed by atoms with Gasteiger partial charge in [-0.05, 0) is 73.7 Å². The predicted octanol–water partition coefficient (Wildman–Crippen LogP) is 6.47. The molecular formula is C28H44O3. The van der Waals surface area contributed by atoms with Crippen LogP contribution in [-0.4, -0.2) is 22.4 Å². The third-order valence-electron chi connectivity index (χ3n) is 11.1. The molecule has 2 spiro atoms. The highest BCUT2D eigenvalue weighted by Crippen LogP contribution is 2.72. The number of rotatable bonds is 4. The minimum absolute atomic E-state index is 0.0663. The molecule has 6 aliphatic rings. The van der Waals surface area contributed by atoms with Gasteiger partial charge in [-0.2, -0.15) is 0 Å². The fourth-order valence-electron chi connectivity index (χ4n) is 8.71. The molecule has 2 bridgehead atoms. The summed E-state index contributed by atoms with van der Waals surface area (Å²) in [6.07, 6.45) is 17.0. The van der Waals surface area contributed by atoms with E-state index in [2.05, 4.69) is 65.8 Å². The van der Waals surface area contributed by atoms with Gasteiger partial charge in [-0.1, -0.05) is 59.8 Å². The van der Waals surface area contributed by atoms with Gasteiger partial charge in [0.2, 0.25) is 0 Å². The first-order valence-electron chi connectivity index (χ1n) is 13.0. The molecule has 4 fully saturated rings. The van der Waals surface area contributed by atoms with Crippen LogP contribution in [0.15, 0.2) is 24.3 Å². The molecule has 6 rings (SSSR count). The Morgan fingerprint density at radius 1 is 0.903 bits per heavy atom. The Morgan fingerprint density at radius 3 is 2.35 bits per heavy atom. The molecule has 0 aromatic rings. The third-order valence-corrected chi connectivity index (χ3v) is 11.1. The fourth-order valence-corrected chi connectivity index (χ4v) is 8.71. The molecule has 3 nitrogen and oxygen atoms in total. The largest absolute Gasteiger partial charge is 0.393 e. The minimum Gasteiger partial charge on any atom is -0.393 e. The fraction of sp³-hybridized carbons (Fsp3) is 0.857. The maximum atomic E-state index is 10.4. The van der Waals surface area contributed by atoms with Crippen molar-refractivity contribution in [1.82, 2.24) is 0 Å². The number of hydrogen-bond donors (Lipinski definition) is 1. The topological polar surface area (TPSA) is 38.7 Å². The zero-order valence-corrected chi connectivity index (χ0v) is 20.6. The molecule has 9 unspecified atom stereocenters. The summed E-state index contributed by atoms with van der Waals surface area (Å²) < 4.78 is 0. The van der Waals surface area contributed by atoms with Crippen molar-refractivity contribution in [2.24, 2.45) is 46.3 Å². The Labute approximate surface area is 189 Å². The van der Waals surface area contributed by atoms with Crippen molar-refractivity contribution in [2.75, 3.05) is 0 Å². The van der Waals surface area contributed by atoms with Gasteiger partial charge in [0.05, 0.1) is 6.10 Å². The average Bonchev–Trinajstić information content (AvgIpc) is 3.09. The summed E-state index contributed by atoms with van der Waals surface area (Å²) >= 11 is 0. The third kappa shape index (κ3) is 2.88. The van der Waals surface area contributed by atoms with E-state index in [1.807, 2.05) is 0 Å². The van der Waals surface area contributed by atoms with E-state index >= 15 is 0 Å². The van der Waals surface area contributed by atoms with Gasteiger partial charge in [0.1, 0.15) is 11.2 Å². The second-order valence-corrected chi connectivity index (χ2v) is 12.7. The zero-order valence-electron chi connectivity index (χ0n) is 20.6. The van der Waals surface area contributed by atoms with Crippen LogP contribution < -0.4 is 0 Å². The quantitative estimate of drug-likeness (QED) is 0.412. The lowest BCUT2D eigenvalue weighted by atomic mass is 9.43. The van der Waals surface area contributed by atoms with Crippen LogP contribution in [0.3, 0.4) is 0 Å². The summed E-state index contributed by atoms with van der Waals surface area (Å²) in [6.45, 7) is 14.4. The first kappa shape index (κ1) is 22.2. The van der Waals surface area contributed by atoms with Crippen LogP contribution in [0.1, 0.15) is 86.5 Å². The monoisotopic (exact) mass is 428 g/mol. The molecule has 31 heavy (non-hydrogen) atoms. The van der Waals surface area contributed by atoms with Gasteiger partial charge in [-0.25, -0.2) is 9.78 Å². The van der Waals surface area contributed by atoms with Crippen LogP contribution in [0.5, 0.6) is 0 Å². The van der Waals surface area contributed by atoms with Crippen molar-refractivity contribution in [3.8, 4) is 0 Å². The Hall–Kier alpha value is -0.640. The highest BCUT2D eigenvalue weighted by atomic mass is 17.2. The van der Waals surface area contributed by atoms with Crippen LogP contribution >= 0.6 is 0 Å². The van der Waals surface area contributed by atoms with Gasteiger partial charge < -0.3 is 5.11 Å². The minimum atomic E-state index is -0.439. The lowest BCUT2D eigenvalue weighted by Gasteiger charge is -2.69. The first-order valence-corrected chi connectivity index (χ1v) is 13.0. The van der Waals surface area contributed by atoms with Crippen LogP contribution in [0.25, 0.3) is 0 Å². The number of aliphatic hydroxyl groups is 1. The number of fused-ring (bicyclic) bond motifs is 2. The van der Waals surface area contributed by atoms with Crippen LogP contribution in [0, 0.1) is 46.3 Å². The van der Waals surface area contributed by atoms with Crippen molar-refractivity contribution < 1.29 is 14.9 Å². The smallest absolute Gasteiger partial charge is 0.130 e. The SMILES string of the molecule is CC(C)C(C)/C=C/C(C)C1CCC2C1(C)CCC1C23C=CC2(C[C@@H](O)CCC12C)OO3. The molecule has 4 aliphatic carbocycles. The van der Waals surface area contributed by atoms with Crippen molar-refractivity contribution >= 4 is 0 Å². The molecule has 0 radical (unpaired) electrons. The van der Waals surface area contributed by atoms with Crippen LogP contribution in [0.4, 0.5) is 0 Å². The number of aliphatic hydroxyl groups excluding tert-OH is 1. The summed E-state index contributed by atoms with van der Waals surface area (Å²) in [7, 11) is 0. The average molecular weight is 429 g/mol. The van der Waals surface area contributed by atoms with Crippen molar-refractivity contribution in [3.05, 3.63) is 24.3 Å². The Morgan fingerprint density at radius 2 is 1.68 bits per heavy atom. The molecule has 2 heterocycles. The van der Waals surface area contributed by atoms with Crippen molar-refractivity contribution in [1.29, 1.82) is 0 Å². The summed E-state index contributed by atoms with van der Waals surface area (Å²) in [5.74, 6) is 3.64. The second-order valence-electron chi connectivity index (χ2n) is 12.7. The second kappa shape index (κ2) is 7.18. The Kier molecular flexibility index (Phi) is 5.13. The van der Waals surface area contributed by atoms with Gasteiger partial charge in [-0.15, -0.1) is 0 Å². The van der Waals surface area contributed by atoms with E-state index in [0.29, 0.717) is 41.9 Å². The molecule has 0 aromatic heterocycles. The van der Waals surface area contributed by atoms with E-state index in [1.165, 1.54) is 25.7 Å². The van der Waals surface area contributed by atoms with Gasteiger partial charge >= 0.3 is 0 Å². The van der Waals surface area contributed by atoms with Gasteiger partial charge in [-0.3, -0.25) is 0 Å². The molecule has 1 N–H and O–H groups in total. The number of hydrogen-bond acceptors (Lipinski definition) is 3. The van der Waals surface area contributed by atoms with E-state index in [0.717, 1.165) is 12.8 Å². The molecule has 3 saturated carbocycles. The highest BCUT2D eigenvalue weighted by molar-refractivity contribution is 5.33. The van der Waals surface area contributed by atoms with E-state index in [-0.39, 0.29) is 22.5 Å².